The number of unbranched alkanes of at least 4 members (excludes halogenated alkanes) is 1. The second-order valence-electron chi connectivity index (χ2n) is 5.42. The fourth-order valence-electron chi connectivity index (χ4n) is 2.45. The fraction of sp³-hybridized carbons (Fsp3) is 0.412. The molecule has 6 nitrogen and oxygen atoms in total. The number of ether oxygens (including phenoxy) is 1. The highest BCUT2D eigenvalue weighted by Crippen LogP contribution is 2.22. The molecule has 0 spiro atoms. The lowest BCUT2D eigenvalue weighted by Gasteiger charge is -2.18. The summed E-state index contributed by atoms with van der Waals surface area (Å²) in [5, 5.41) is 1.29. The molecule has 0 amide bonds. The van der Waals surface area contributed by atoms with Gasteiger partial charge in [0.15, 0.2) is 0 Å². The summed E-state index contributed by atoms with van der Waals surface area (Å²) in [6.45, 7) is 3.89. The molecule has 0 aliphatic heterocycles. The Morgan fingerprint density at radius 2 is 2.08 bits per heavy atom. The molecule has 1 aromatic heterocycles. The first-order valence-electron chi connectivity index (χ1n) is 8.01. The zero-order valence-corrected chi connectivity index (χ0v) is 14.7. The van der Waals surface area contributed by atoms with Crippen molar-refractivity contribution in [3.63, 3.8) is 0 Å². The van der Waals surface area contributed by atoms with E-state index in [1.165, 1.54) is 6.07 Å². The average Bonchev–Trinajstić information content (AvgIpc) is 2.58. The predicted molar refractivity (Wildman–Crippen MR) is 92.0 cm³/mol. The largest absolute Gasteiger partial charge is 0.465 e. The second kappa shape index (κ2) is 8.21. The van der Waals surface area contributed by atoms with E-state index in [2.05, 4.69) is 9.71 Å². The van der Waals surface area contributed by atoms with Crippen molar-refractivity contribution in [1.29, 1.82) is 0 Å². The van der Waals surface area contributed by atoms with Crippen molar-refractivity contribution in [2.75, 3.05) is 6.61 Å². The van der Waals surface area contributed by atoms with E-state index in [4.69, 9.17) is 4.74 Å². The third kappa shape index (κ3) is 4.30. The van der Waals surface area contributed by atoms with Crippen LogP contribution in [-0.4, -0.2) is 32.0 Å². The molecule has 24 heavy (non-hydrogen) atoms. The van der Waals surface area contributed by atoms with Crippen molar-refractivity contribution in [2.24, 2.45) is 0 Å². The monoisotopic (exact) mass is 350 g/mol. The van der Waals surface area contributed by atoms with E-state index in [9.17, 15) is 13.2 Å². The molecule has 1 unspecified atom stereocenters. The number of carbonyl (C=O) groups excluding carboxylic acids is 1. The number of pyridine rings is 1. The van der Waals surface area contributed by atoms with Gasteiger partial charge >= 0.3 is 5.97 Å². The Bertz CT molecular complexity index is 800. The summed E-state index contributed by atoms with van der Waals surface area (Å²) >= 11 is 0. The maximum absolute atomic E-state index is 12.8. The van der Waals surface area contributed by atoms with Crippen molar-refractivity contribution < 1.29 is 17.9 Å². The molecular weight excluding hydrogens is 328 g/mol. The molecule has 1 aromatic carbocycles. The van der Waals surface area contributed by atoms with Crippen LogP contribution in [0.15, 0.2) is 41.6 Å². The number of sulfonamides is 1. The number of carbonyl (C=O) groups is 1. The van der Waals surface area contributed by atoms with Gasteiger partial charge in [-0.2, -0.15) is 4.72 Å². The van der Waals surface area contributed by atoms with Crippen LogP contribution in [0.1, 0.15) is 33.1 Å². The molecule has 7 heteroatoms. The van der Waals surface area contributed by atoms with E-state index in [1.54, 1.807) is 37.5 Å². The Morgan fingerprint density at radius 3 is 2.79 bits per heavy atom. The molecule has 0 fully saturated rings. The van der Waals surface area contributed by atoms with E-state index in [1.807, 2.05) is 6.92 Å². The predicted octanol–water partition coefficient (Wildman–Crippen LogP) is 2.64. The number of fused-ring (bicyclic) bond motifs is 1. The Balaban J connectivity index is 2.34. The summed E-state index contributed by atoms with van der Waals surface area (Å²) in [6, 6.07) is 5.74. The number of benzene rings is 1. The summed E-state index contributed by atoms with van der Waals surface area (Å²) in [5.74, 6) is -0.545. The number of hydrogen-bond donors (Lipinski definition) is 1. The zero-order valence-electron chi connectivity index (χ0n) is 13.9. The summed E-state index contributed by atoms with van der Waals surface area (Å²) in [4.78, 5) is 16.2. The van der Waals surface area contributed by atoms with Crippen molar-refractivity contribution in [1.82, 2.24) is 9.71 Å². The van der Waals surface area contributed by atoms with E-state index >= 15 is 0 Å². The highest BCUT2D eigenvalue weighted by molar-refractivity contribution is 7.89. The molecule has 1 N–H and O–H groups in total. The molecule has 0 aliphatic carbocycles. The van der Waals surface area contributed by atoms with Crippen LogP contribution in [0, 0.1) is 0 Å². The van der Waals surface area contributed by atoms with Crippen LogP contribution in [0.3, 0.4) is 0 Å². The molecule has 0 radical (unpaired) electrons. The Hall–Kier alpha value is -1.99. The molecule has 130 valence electrons. The lowest BCUT2D eigenvalue weighted by molar-refractivity contribution is -0.145. The highest BCUT2D eigenvalue weighted by Gasteiger charge is 2.27. The average molecular weight is 350 g/mol. The van der Waals surface area contributed by atoms with Gasteiger partial charge in [0.2, 0.25) is 10.0 Å². The lowest BCUT2D eigenvalue weighted by atomic mass is 10.1. The van der Waals surface area contributed by atoms with Gasteiger partial charge in [0.05, 0.1) is 11.5 Å². The van der Waals surface area contributed by atoms with Crippen LogP contribution in [0.25, 0.3) is 10.8 Å². The van der Waals surface area contributed by atoms with Gasteiger partial charge in [0, 0.05) is 23.2 Å². The van der Waals surface area contributed by atoms with Crippen LogP contribution < -0.4 is 4.72 Å². The molecule has 2 aromatic rings. The number of hydrogen-bond acceptors (Lipinski definition) is 5. The second-order valence-corrected chi connectivity index (χ2v) is 7.10. The molecule has 0 saturated heterocycles. The maximum atomic E-state index is 12.8. The van der Waals surface area contributed by atoms with Crippen LogP contribution in [0.2, 0.25) is 0 Å². The lowest BCUT2D eigenvalue weighted by Crippen LogP contribution is -2.41. The van der Waals surface area contributed by atoms with Gasteiger partial charge < -0.3 is 4.74 Å². The molecule has 2 rings (SSSR count). The standard InChI is InChI=1S/C17H22N2O4S/c1-3-5-8-15(17(20)23-4-2)19-24(21,22)16-9-6-7-13-12-18-11-10-14(13)16/h6-7,9-12,15,19H,3-5,8H2,1-2H3. The summed E-state index contributed by atoms with van der Waals surface area (Å²) in [5.41, 5.74) is 0. The van der Waals surface area contributed by atoms with Gasteiger partial charge in [-0.05, 0) is 25.5 Å². The molecule has 1 heterocycles. The van der Waals surface area contributed by atoms with E-state index in [0.717, 1.165) is 18.2 Å². The van der Waals surface area contributed by atoms with E-state index in [0.29, 0.717) is 11.8 Å². The van der Waals surface area contributed by atoms with E-state index < -0.39 is 22.0 Å². The summed E-state index contributed by atoms with van der Waals surface area (Å²) < 4.78 is 33.1. The van der Waals surface area contributed by atoms with Crippen LogP contribution >= 0.6 is 0 Å². The number of nitrogens with one attached hydrogen (secondary N) is 1. The van der Waals surface area contributed by atoms with E-state index in [-0.39, 0.29) is 11.5 Å². The van der Waals surface area contributed by atoms with Crippen molar-refractivity contribution >= 4 is 26.8 Å². The Labute approximate surface area is 142 Å². The summed E-state index contributed by atoms with van der Waals surface area (Å²) in [7, 11) is -3.86. The minimum absolute atomic E-state index is 0.133. The smallest absolute Gasteiger partial charge is 0.324 e. The minimum Gasteiger partial charge on any atom is -0.465 e. The first-order chi connectivity index (χ1) is 11.5. The van der Waals surface area contributed by atoms with Crippen LogP contribution in [0.4, 0.5) is 0 Å². The molecule has 0 saturated carbocycles. The topological polar surface area (TPSA) is 85.4 Å². The molecule has 0 bridgehead atoms. The maximum Gasteiger partial charge on any atom is 0.324 e. The normalized spacial score (nSPS) is 12.9. The number of aromatic nitrogens is 1. The Kier molecular flexibility index (Phi) is 6.28. The zero-order chi connectivity index (χ0) is 17.6. The first-order valence-corrected chi connectivity index (χ1v) is 9.49. The first kappa shape index (κ1) is 18.4. The van der Waals surface area contributed by atoms with Gasteiger partial charge in [-0.15, -0.1) is 0 Å². The van der Waals surface area contributed by atoms with Crippen LogP contribution in [-0.2, 0) is 19.6 Å². The Morgan fingerprint density at radius 1 is 1.29 bits per heavy atom. The SMILES string of the molecule is CCCCC(NS(=O)(=O)c1cccc2cnccc12)C(=O)OCC. The van der Waals surface area contributed by atoms with Crippen LogP contribution in [0.5, 0.6) is 0 Å². The minimum atomic E-state index is -3.86. The fourth-order valence-corrected chi connectivity index (χ4v) is 3.90. The number of esters is 1. The van der Waals surface area contributed by atoms with Gasteiger partial charge in [0.1, 0.15) is 6.04 Å². The number of nitrogens with zero attached hydrogens (tertiary/aromatic N) is 1. The van der Waals surface area contributed by atoms with Gasteiger partial charge in [-0.25, -0.2) is 8.42 Å². The molecule has 0 aliphatic rings. The van der Waals surface area contributed by atoms with Gasteiger partial charge in [-0.1, -0.05) is 31.9 Å². The van der Waals surface area contributed by atoms with Gasteiger partial charge in [-0.3, -0.25) is 9.78 Å². The quantitative estimate of drug-likeness (QED) is 0.740. The van der Waals surface area contributed by atoms with Crippen molar-refractivity contribution in [3.8, 4) is 0 Å². The molecular formula is C17H22N2O4S. The number of rotatable bonds is 8. The third-order valence-electron chi connectivity index (χ3n) is 3.65. The molecule has 1 atom stereocenters. The van der Waals surface area contributed by atoms with Crippen molar-refractivity contribution in [3.05, 3.63) is 36.7 Å². The highest BCUT2D eigenvalue weighted by atomic mass is 32.2. The van der Waals surface area contributed by atoms with Gasteiger partial charge in [0.25, 0.3) is 0 Å². The third-order valence-corrected chi connectivity index (χ3v) is 5.17. The summed E-state index contributed by atoms with van der Waals surface area (Å²) in [6.07, 6.45) is 5.14. The van der Waals surface area contributed by atoms with Crippen molar-refractivity contribution in [2.45, 2.75) is 44.0 Å².